The molecule has 0 aliphatic heterocycles. The van der Waals surface area contributed by atoms with Gasteiger partial charge >= 0.3 is 0 Å². The third kappa shape index (κ3) is 3.65. The van der Waals surface area contributed by atoms with E-state index in [1.54, 1.807) is 0 Å². The fourth-order valence-corrected chi connectivity index (χ4v) is 4.43. The van der Waals surface area contributed by atoms with Crippen LogP contribution in [0.5, 0.6) is 0 Å². The van der Waals surface area contributed by atoms with Crippen LogP contribution in [0.4, 0.5) is 0 Å². The lowest BCUT2D eigenvalue weighted by atomic mass is 9.87. The van der Waals surface area contributed by atoms with Gasteiger partial charge in [-0.1, -0.05) is 31.4 Å². The highest BCUT2D eigenvalue weighted by atomic mass is 16.5. The fourth-order valence-electron chi connectivity index (χ4n) is 4.43. The van der Waals surface area contributed by atoms with E-state index in [-0.39, 0.29) is 0 Å². The van der Waals surface area contributed by atoms with E-state index in [0.717, 1.165) is 37.3 Å². The maximum Gasteiger partial charge on any atom is 0.0575 e. The van der Waals surface area contributed by atoms with E-state index < -0.39 is 0 Å². The summed E-state index contributed by atoms with van der Waals surface area (Å²) < 4.78 is 5.99. The summed E-state index contributed by atoms with van der Waals surface area (Å²) in [6.07, 6.45) is 16.2. The van der Waals surface area contributed by atoms with Crippen molar-refractivity contribution < 1.29 is 4.74 Å². The molecule has 2 bridgehead atoms. The summed E-state index contributed by atoms with van der Waals surface area (Å²) in [6, 6.07) is 0.671. The molecule has 0 aromatic carbocycles. The molecule has 0 amide bonds. The zero-order chi connectivity index (χ0) is 13.8. The Hall–Kier alpha value is -0.340. The van der Waals surface area contributed by atoms with Gasteiger partial charge in [0.25, 0.3) is 0 Å². The largest absolute Gasteiger partial charge is 0.378 e. The second-order valence-corrected chi connectivity index (χ2v) is 7.17. The van der Waals surface area contributed by atoms with Crippen LogP contribution in [-0.4, -0.2) is 25.3 Å². The zero-order valence-corrected chi connectivity index (χ0v) is 13.0. The molecule has 0 heterocycles. The van der Waals surface area contributed by atoms with Gasteiger partial charge in [0.1, 0.15) is 0 Å². The predicted molar refractivity (Wildman–Crippen MR) is 83.8 cm³/mol. The number of allylic oxidation sites excluding steroid dienone is 2. The van der Waals surface area contributed by atoms with Crippen molar-refractivity contribution in [2.45, 2.75) is 70.4 Å². The van der Waals surface area contributed by atoms with E-state index in [1.165, 1.54) is 44.9 Å². The molecule has 0 spiro atoms. The van der Waals surface area contributed by atoms with Crippen molar-refractivity contribution >= 4 is 0 Å². The van der Waals surface area contributed by atoms with Crippen molar-refractivity contribution in [1.82, 2.24) is 5.32 Å². The highest BCUT2D eigenvalue weighted by molar-refractivity contribution is 5.11. The molecular weight excluding hydrogens is 246 g/mol. The zero-order valence-electron chi connectivity index (χ0n) is 13.0. The van der Waals surface area contributed by atoms with E-state index in [2.05, 4.69) is 24.4 Å². The van der Waals surface area contributed by atoms with Crippen LogP contribution in [0.2, 0.25) is 0 Å². The van der Waals surface area contributed by atoms with E-state index >= 15 is 0 Å². The number of fused-ring (bicyclic) bond motifs is 2. The SMILES string of the molecule is CC(NCCCOC1CCCCC1)C1CC2C=CC1C2. The third-order valence-electron chi connectivity index (χ3n) is 5.67. The monoisotopic (exact) mass is 277 g/mol. The Morgan fingerprint density at radius 2 is 2.00 bits per heavy atom. The molecule has 4 atom stereocenters. The molecule has 2 nitrogen and oxygen atoms in total. The summed E-state index contributed by atoms with van der Waals surface area (Å²) in [4.78, 5) is 0. The summed E-state index contributed by atoms with van der Waals surface area (Å²) in [6.45, 7) is 4.44. The molecule has 3 aliphatic rings. The van der Waals surface area contributed by atoms with Gasteiger partial charge in [-0.2, -0.15) is 0 Å². The molecule has 0 aromatic heterocycles. The van der Waals surface area contributed by atoms with E-state index in [1.807, 2.05) is 0 Å². The first-order valence-electron chi connectivity index (χ1n) is 8.86. The van der Waals surface area contributed by atoms with Crippen LogP contribution in [0.3, 0.4) is 0 Å². The van der Waals surface area contributed by atoms with Gasteiger partial charge in [-0.3, -0.25) is 0 Å². The molecule has 2 saturated carbocycles. The normalized spacial score (nSPS) is 34.8. The van der Waals surface area contributed by atoms with Gasteiger partial charge in [-0.05, 0) is 63.3 Å². The van der Waals surface area contributed by atoms with Crippen LogP contribution in [0.15, 0.2) is 12.2 Å². The summed E-state index contributed by atoms with van der Waals surface area (Å²) in [7, 11) is 0. The Morgan fingerprint density at radius 1 is 1.15 bits per heavy atom. The van der Waals surface area contributed by atoms with Crippen molar-refractivity contribution in [3.63, 3.8) is 0 Å². The number of nitrogens with one attached hydrogen (secondary N) is 1. The second-order valence-electron chi connectivity index (χ2n) is 7.17. The van der Waals surface area contributed by atoms with Crippen molar-refractivity contribution in [2.75, 3.05) is 13.2 Å². The summed E-state index contributed by atoms with van der Waals surface area (Å²) >= 11 is 0. The molecule has 2 fully saturated rings. The van der Waals surface area contributed by atoms with Gasteiger partial charge in [0.2, 0.25) is 0 Å². The fraction of sp³-hybridized carbons (Fsp3) is 0.889. The maximum absolute atomic E-state index is 5.99. The first-order chi connectivity index (χ1) is 9.83. The minimum Gasteiger partial charge on any atom is -0.378 e. The molecular formula is C18H31NO. The summed E-state index contributed by atoms with van der Waals surface area (Å²) in [5.74, 6) is 2.63. The molecule has 3 rings (SSSR count). The molecule has 4 unspecified atom stereocenters. The molecule has 0 aromatic rings. The van der Waals surface area contributed by atoms with Crippen LogP contribution in [0, 0.1) is 17.8 Å². The molecule has 1 N–H and O–H groups in total. The predicted octanol–water partition coefficient (Wildman–Crippen LogP) is 3.92. The standard InChI is InChI=1S/C18H31NO/c1-14(18-13-15-8-9-16(18)12-15)19-10-5-11-20-17-6-3-2-4-7-17/h8-9,14-19H,2-7,10-13H2,1H3. The molecule has 2 heteroatoms. The number of rotatable bonds is 7. The Kier molecular flexibility index (Phi) is 5.17. The molecule has 0 radical (unpaired) electrons. The Morgan fingerprint density at radius 3 is 2.70 bits per heavy atom. The molecule has 20 heavy (non-hydrogen) atoms. The van der Waals surface area contributed by atoms with Crippen molar-refractivity contribution in [2.24, 2.45) is 17.8 Å². The third-order valence-corrected chi connectivity index (χ3v) is 5.67. The van der Waals surface area contributed by atoms with Crippen LogP contribution in [0.1, 0.15) is 58.3 Å². The van der Waals surface area contributed by atoms with Gasteiger partial charge in [0.05, 0.1) is 6.10 Å². The number of ether oxygens (including phenoxy) is 1. The smallest absolute Gasteiger partial charge is 0.0575 e. The van der Waals surface area contributed by atoms with Crippen LogP contribution in [-0.2, 0) is 4.74 Å². The van der Waals surface area contributed by atoms with Gasteiger partial charge < -0.3 is 10.1 Å². The van der Waals surface area contributed by atoms with Crippen molar-refractivity contribution in [3.8, 4) is 0 Å². The molecule has 114 valence electrons. The lowest BCUT2D eigenvalue weighted by Gasteiger charge is -2.26. The summed E-state index contributed by atoms with van der Waals surface area (Å²) in [5, 5.41) is 3.73. The van der Waals surface area contributed by atoms with E-state index in [0.29, 0.717) is 12.1 Å². The van der Waals surface area contributed by atoms with Crippen LogP contribution < -0.4 is 5.32 Å². The Bertz CT molecular complexity index is 321. The average Bonchev–Trinajstić information content (AvgIpc) is 3.10. The van der Waals surface area contributed by atoms with E-state index in [4.69, 9.17) is 4.74 Å². The van der Waals surface area contributed by atoms with Crippen LogP contribution >= 0.6 is 0 Å². The molecule has 0 saturated heterocycles. The Balaban J connectivity index is 1.25. The highest BCUT2D eigenvalue weighted by Gasteiger charge is 2.38. The van der Waals surface area contributed by atoms with Gasteiger partial charge in [0.15, 0.2) is 0 Å². The van der Waals surface area contributed by atoms with Crippen LogP contribution in [0.25, 0.3) is 0 Å². The summed E-state index contributed by atoms with van der Waals surface area (Å²) in [5.41, 5.74) is 0. The topological polar surface area (TPSA) is 21.3 Å². The first kappa shape index (κ1) is 14.6. The second kappa shape index (κ2) is 7.09. The number of hydrogen-bond donors (Lipinski definition) is 1. The quantitative estimate of drug-likeness (QED) is 0.562. The van der Waals surface area contributed by atoms with E-state index in [9.17, 15) is 0 Å². The minimum absolute atomic E-state index is 0.567. The average molecular weight is 277 g/mol. The van der Waals surface area contributed by atoms with Gasteiger partial charge in [-0.25, -0.2) is 0 Å². The minimum atomic E-state index is 0.567. The lowest BCUT2D eigenvalue weighted by molar-refractivity contribution is 0.0269. The number of hydrogen-bond acceptors (Lipinski definition) is 2. The highest BCUT2D eigenvalue weighted by Crippen LogP contribution is 2.44. The van der Waals surface area contributed by atoms with Crippen molar-refractivity contribution in [3.05, 3.63) is 12.2 Å². The first-order valence-corrected chi connectivity index (χ1v) is 8.86. The van der Waals surface area contributed by atoms with Gasteiger partial charge in [0, 0.05) is 12.6 Å². The molecule has 3 aliphatic carbocycles. The van der Waals surface area contributed by atoms with Gasteiger partial charge in [-0.15, -0.1) is 0 Å². The lowest BCUT2D eigenvalue weighted by Crippen LogP contribution is -2.36. The maximum atomic E-state index is 5.99. The Labute approximate surface area is 124 Å². The van der Waals surface area contributed by atoms with Crippen molar-refractivity contribution in [1.29, 1.82) is 0 Å².